The van der Waals surface area contributed by atoms with Crippen molar-refractivity contribution in [3.05, 3.63) is 215 Å². The fraction of sp³-hybridized carbons (Fsp3) is 0.413. The summed E-state index contributed by atoms with van der Waals surface area (Å²) in [5, 5.41) is 18.8. The Morgan fingerprint density at radius 2 is 0.618 bits per heavy atom. The molecule has 0 aliphatic carbocycles. The molecule has 5 nitrogen and oxygen atoms in total. The van der Waals surface area contributed by atoms with Gasteiger partial charge in [-0.05, 0) is 68.4 Å². The topological polar surface area (TPSA) is 73.4 Å². The third kappa shape index (κ3) is 28.1. The van der Waals surface area contributed by atoms with Gasteiger partial charge in [-0.25, -0.2) is 0 Å². The molecule has 0 aliphatic heterocycles. The van der Waals surface area contributed by atoms with E-state index < -0.39 is 12.0 Å². The molecule has 0 aromatic heterocycles. The molecule has 378 valence electrons. The molecule has 1 unspecified atom stereocenters. The van der Waals surface area contributed by atoms with Crippen molar-refractivity contribution >= 4 is 5.97 Å². The molecule has 0 radical (unpaired) electrons. The molecule has 4 N–H and O–H groups in total. The average Bonchev–Trinajstić information content (AvgIpc) is 3.43. The summed E-state index contributed by atoms with van der Waals surface area (Å²) in [4.78, 5) is 11.5. The zero-order valence-electron chi connectivity index (χ0n) is 46.6. The van der Waals surface area contributed by atoms with Gasteiger partial charge in [0.1, 0.15) is 6.04 Å². The van der Waals surface area contributed by atoms with E-state index in [1.165, 1.54) is 22.3 Å². The number of hydrogen-bond acceptors (Lipinski definition) is 4. The summed E-state index contributed by atoms with van der Waals surface area (Å²) >= 11 is 0. The fourth-order valence-electron chi connectivity index (χ4n) is 6.47. The lowest BCUT2D eigenvalue weighted by atomic mass is 9.77. The van der Waals surface area contributed by atoms with Gasteiger partial charge in [0.05, 0.1) is 0 Å². The number of likely N-dealkylation sites (N-methyl/N-ethyl adjacent to an activating group) is 2. The van der Waals surface area contributed by atoms with E-state index in [9.17, 15) is 9.90 Å². The van der Waals surface area contributed by atoms with Crippen LogP contribution in [0.4, 0.5) is 0 Å². The summed E-state index contributed by atoms with van der Waals surface area (Å²) in [6.07, 6.45) is 0. The summed E-state index contributed by atoms with van der Waals surface area (Å²) in [7, 11) is 5.65. The van der Waals surface area contributed by atoms with Gasteiger partial charge in [0, 0.05) is 29.3 Å². The van der Waals surface area contributed by atoms with Crippen LogP contribution in [0.25, 0.3) is 0 Å². The number of carboxylic acid groups (broad SMARTS) is 1. The van der Waals surface area contributed by atoms with Crippen molar-refractivity contribution in [1.82, 2.24) is 16.0 Å². The highest BCUT2D eigenvalue weighted by atomic mass is 16.4. The lowest BCUT2D eigenvalue weighted by molar-refractivity contribution is -0.139. The molecule has 0 bridgehead atoms. The Morgan fingerprint density at radius 1 is 0.397 bits per heavy atom. The number of carbonyl (C=O) groups is 1. The van der Waals surface area contributed by atoms with Crippen molar-refractivity contribution in [3.8, 4) is 0 Å². The minimum Gasteiger partial charge on any atom is -0.480 e. The molecule has 0 heterocycles. The second-order valence-corrected chi connectivity index (χ2v) is 14.6. The van der Waals surface area contributed by atoms with Crippen molar-refractivity contribution < 1.29 is 9.90 Å². The highest BCUT2D eigenvalue weighted by Gasteiger charge is 2.31. The van der Waals surface area contributed by atoms with E-state index >= 15 is 0 Å². The van der Waals surface area contributed by atoms with Gasteiger partial charge in [-0.15, -0.1) is 0 Å². The van der Waals surface area contributed by atoms with Gasteiger partial charge in [-0.1, -0.05) is 286 Å². The van der Waals surface area contributed by atoms with Gasteiger partial charge in [-0.2, -0.15) is 0 Å². The van der Waals surface area contributed by atoms with Crippen LogP contribution in [0.15, 0.2) is 182 Å². The van der Waals surface area contributed by atoms with E-state index in [0.29, 0.717) is 17.9 Å². The van der Waals surface area contributed by atoms with Gasteiger partial charge in [0.15, 0.2) is 0 Å². The molecule has 0 amide bonds. The zero-order chi connectivity index (χ0) is 52.8. The summed E-state index contributed by atoms with van der Waals surface area (Å²) < 4.78 is 0. The van der Waals surface area contributed by atoms with Crippen LogP contribution in [0.5, 0.6) is 0 Å². The maximum atomic E-state index is 11.5. The number of rotatable bonds is 12. The first kappa shape index (κ1) is 69.2. The molecule has 1 atom stereocenters. The molecule has 68 heavy (non-hydrogen) atoms. The Bertz CT molecular complexity index is 1770. The maximum Gasteiger partial charge on any atom is 0.321 e. The van der Waals surface area contributed by atoms with Crippen LogP contribution < -0.4 is 16.0 Å². The Labute approximate surface area is 419 Å². The Balaban J connectivity index is -0.000000391. The largest absolute Gasteiger partial charge is 0.480 e. The van der Waals surface area contributed by atoms with Crippen molar-refractivity contribution in [3.63, 3.8) is 0 Å². The molecule has 0 aliphatic rings. The highest BCUT2D eigenvalue weighted by molar-refractivity contribution is 5.76. The summed E-state index contributed by atoms with van der Waals surface area (Å²) in [5.74, 6) is -0.215. The van der Waals surface area contributed by atoms with Crippen molar-refractivity contribution in [1.29, 1.82) is 0 Å². The van der Waals surface area contributed by atoms with E-state index in [4.69, 9.17) is 0 Å². The van der Waals surface area contributed by atoms with Gasteiger partial charge in [-0.3, -0.25) is 4.79 Å². The zero-order valence-corrected chi connectivity index (χ0v) is 46.6. The summed E-state index contributed by atoms with van der Waals surface area (Å²) in [6, 6.07) is 62.0. The van der Waals surface area contributed by atoms with Crippen molar-refractivity contribution in [2.45, 2.75) is 153 Å². The number of hydrogen-bond donors (Lipinski definition) is 4. The first-order valence-corrected chi connectivity index (χ1v) is 25.6. The van der Waals surface area contributed by atoms with Gasteiger partial charge in [0.2, 0.25) is 0 Å². The Kier molecular flexibility index (Phi) is 47.6. The SMILES string of the molecule is CC.CC.CC.CC.CC.CC.CC(c1ccccc1)c1ccccc1.CNC(C(=O)O)C(c1ccccc1)c1ccccc1.CNC(C)(C)C(c1ccccc1)c1ccccc1.CNC(C)C. The Hall–Kier alpha value is -5.33. The summed E-state index contributed by atoms with van der Waals surface area (Å²) in [5.41, 5.74) is 7.46. The molecule has 0 fully saturated rings. The summed E-state index contributed by atoms with van der Waals surface area (Å²) in [6.45, 7) is 35.0. The highest BCUT2D eigenvalue weighted by Crippen LogP contribution is 2.34. The molecule has 0 saturated heterocycles. The molecule has 0 saturated carbocycles. The van der Waals surface area contributed by atoms with Crippen LogP contribution in [-0.2, 0) is 4.79 Å². The molecular weight excluding hydrogens is 831 g/mol. The van der Waals surface area contributed by atoms with Gasteiger partial charge >= 0.3 is 5.97 Å². The third-order valence-corrected chi connectivity index (χ3v) is 10.0. The number of benzene rings is 6. The fourth-order valence-corrected chi connectivity index (χ4v) is 6.47. The number of aliphatic carboxylic acids is 1. The normalized spacial score (nSPS) is 9.94. The van der Waals surface area contributed by atoms with Crippen LogP contribution in [-0.4, -0.2) is 49.8 Å². The van der Waals surface area contributed by atoms with Crippen LogP contribution in [0.3, 0.4) is 0 Å². The molecule has 5 heteroatoms. The minimum absolute atomic E-state index is 0.0166. The van der Waals surface area contributed by atoms with Gasteiger partial charge in [0.25, 0.3) is 0 Å². The van der Waals surface area contributed by atoms with Crippen LogP contribution >= 0.6 is 0 Å². The predicted octanol–water partition coefficient (Wildman–Crippen LogP) is 16.9. The van der Waals surface area contributed by atoms with Crippen molar-refractivity contribution in [2.24, 2.45) is 0 Å². The molecular formula is C63H99N3O2. The average molecular weight is 931 g/mol. The van der Waals surface area contributed by atoms with E-state index in [-0.39, 0.29) is 11.5 Å². The van der Waals surface area contributed by atoms with Gasteiger partial charge < -0.3 is 21.1 Å². The van der Waals surface area contributed by atoms with Crippen LogP contribution in [0.1, 0.15) is 169 Å². The standard InChI is InChI=1S/C17H21N.C16H17NO2.C14H14.C4H11N.6C2H6/c1-17(2,18-3)16(14-10-6-4-7-11-14)15-12-8-5-9-13-15;1-17-15(16(18)19)14(12-8-4-2-5-9-12)13-10-6-3-7-11-13;1-12(13-8-4-2-5-9-13)14-10-6-3-7-11-14;1-4(2)5-3;6*1-2/h4-13,16,18H,1-3H3;2-11,14-15,17H,1H3,(H,18,19);2-12H,1H3;4-5H,1-3H3;6*1-2H3. The molecule has 0 spiro atoms. The van der Waals surface area contributed by atoms with Crippen LogP contribution in [0.2, 0.25) is 0 Å². The first-order chi connectivity index (χ1) is 33.0. The lowest BCUT2D eigenvalue weighted by Crippen LogP contribution is -2.42. The second kappa shape index (κ2) is 46.8. The molecule has 6 aromatic rings. The second-order valence-electron chi connectivity index (χ2n) is 14.6. The minimum atomic E-state index is -0.847. The quantitative estimate of drug-likeness (QED) is 0.0984. The maximum absolute atomic E-state index is 11.5. The lowest BCUT2D eigenvalue weighted by Gasteiger charge is -2.35. The number of carboxylic acids is 1. The monoisotopic (exact) mass is 930 g/mol. The third-order valence-electron chi connectivity index (χ3n) is 10.0. The van der Waals surface area contributed by atoms with E-state index in [1.807, 2.05) is 158 Å². The Morgan fingerprint density at radius 3 is 0.809 bits per heavy atom. The number of nitrogens with one attached hydrogen (secondary N) is 3. The smallest absolute Gasteiger partial charge is 0.321 e. The van der Waals surface area contributed by atoms with E-state index in [1.54, 1.807) is 7.05 Å². The van der Waals surface area contributed by atoms with E-state index in [0.717, 1.165) is 11.1 Å². The molecule has 6 rings (SSSR count). The van der Waals surface area contributed by atoms with Crippen molar-refractivity contribution in [2.75, 3.05) is 21.1 Å². The van der Waals surface area contributed by atoms with E-state index in [2.05, 4.69) is 172 Å². The van der Waals surface area contributed by atoms with Crippen LogP contribution in [0, 0.1) is 0 Å². The predicted molar refractivity (Wildman–Crippen MR) is 306 cm³/mol. The first-order valence-electron chi connectivity index (χ1n) is 25.6. The molecule has 6 aromatic carbocycles.